The number of ether oxygens (including phenoxy) is 4. The number of rotatable bonds is 13. The summed E-state index contributed by atoms with van der Waals surface area (Å²) in [6, 6.07) is 19.4. The summed E-state index contributed by atoms with van der Waals surface area (Å²) in [6.45, 7) is 2.39. The molecule has 10 heteroatoms. The number of methoxy groups -OCH3 is 2. The highest BCUT2D eigenvalue weighted by Gasteiger charge is 2.34. The molecule has 2 aliphatic heterocycles. The van der Waals surface area contributed by atoms with Crippen molar-refractivity contribution in [3.63, 3.8) is 0 Å². The van der Waals surface area contributed by atoms with Crippen molar-refractivity contribution < 1.29 is 38.7 Å². The van der Waals surface area contributed by atoms with Gasteiger partial charge in [-0.2, -0.15) is 0 Å². The maximum Gasteiger partial charge on any atom is 0.303 e. The molecule has 10 nitrogen and oxygen atoms in total. The highest BCUT2D eigenvalue weighted by molar-refractivity contribution is 5.90. The second-order valence-corrected chi connectivity index (χ2v) is 11.6. The number of aliphatic hydroxyl groups excluding tert-OH is 1. The molecule has 0 aromatic heterocycles. The molecule has 0 unspecified atom stereocenters. The normalized spacial score (nSPS) is 19.8. The van der Waals surface area contributed by atoms with Crippen LogP contribution >= 0.6 is 0 Å². The molecule has 5 rings (SSSR count). The predicted octanol–water partition coefficient (Wildman–Crippen LogP) is 5.38. The van der Waals surface area contributed by atoms with E-state index in [1.54, 1.807) is 14.2 Å². The summed E-state index contributed by atoms with van der Waals surface area (Å²) >= 11 is 0. The van der Waals surface area contributed by atoms with Gasteiger partial charge in [0, 0.05) is 50.1 Å². The van der Waals surface area contributed by atoms with Crippen LogP contribution < -0.4 is 14.8 Å². The van der Waals surface area contributed by atoms with Gasteiger partial charge in [-0.25, -0.2) is 0 Å². The molecule has 1 amide bonds. The lowest BCUT2D eigenvalue weighted by atomic mass is 9.97. The Balaban J connectivity index is 1.27. The third-order valence-electron chi connectivity index (χ3n) is 8.38. The van der Waals surface area contributed by atoms with E-state index in [9.17, 15) is 14.7 Å². The first kappa shape index (κ1) is 32.4. The molecule has 1 fully saturated rings. The molecule has 1 saturated heterocycles. The van der Waals surface area contributed by atoms with Crippen molar-refractivity contribution in [3.05, 3.63) is 88.5 Å². The van der Waals surface area contributed by atoms with Crippen molar-refractivity contribution in [2.75, 3.05) is 32.6 Å². The van der Waals surface area contributed by atoms with Crippen LogP contribution in [0.25, 0.3) is 0 Å². The Morgan fingerprint density at radius 2 is 1.58 bits per heavy atom. The fraction of sp³-hybridized carbons (Fsp3) is 0.429. The standard InChI is InChI=1S/C35H42N2O8/c1-42-31-17-26-15-16-37(20-27(26)18-32(31)43-2)21-29-19-30(24-9-7-23(22-38)8-10-24)45-35(44-29)25-11-13-28(14-12-25)36-33(39)5-3-4-6-34(40)41/h7-14,17-18,29-30,35,38H,3-6,15-16,19-22H2,1-2H3,(H,36,39)(H,40,41)/t29-,30+,35+/m1/s1. The fourth-order valence-electron chi connectivity index (χ4n) is 5.93. The number of benzene rings is 3. The zero-order chi connectivity index (χ0) is 31.8. The number of amides is 1. The smallest absolute Gasteiger partial charge is 0.303 e. The summed E-state index contributed by atoms with van der Waals surface area (Å²) in [5.41, 5.74) is 5.86. The van der Waals surface area contributed by atoms with E-state index in [1.165, 1.54) is 11.1 Å². The zero-order valence-electron chi connectivity index (χ0n) is 25.9. The van der Waals surface area contributed by atoms with E-state index in [-0.39, 0.29) is 37.6 Å². The Kier molecular flexibility index (Phi) is 11.1. The minimum absolute atomic E-state index is 0.0154. The van der Waals surface area contributed by atoms with Gasteiger partial charge in [0.15, 0.2) is 17.8 Å². The van der Waals surface area contributed by atoms with Gasteiger partial charge in [-0.3, -0.25) is 14.5 Å². The molecule has 45 heavy (non-hydrogen) atoms. The second kappa shape index (κ2) is 15.4. The van der Waals surface area contributed by atoms with E-state index in [4.69, 9.17) is 24.1 Å². The molecule has 2 aliphatic rings. The Morgan fingerprint density at radius 1 is 0.911 bits per heavy atom. The summed E-state index contributed by atoms with van der Waals surface area (Å²) in [6.07, 6.45) is 2.00. The topological polar surface area (TPSA) is 127 Å². The number of hydrogen-bond donors (Lipinski definition) is 3. The molecule has 0 bridgehead atoms. The van der Waals surface area contributed by atoms with Crippen molar-refractivity contribution in [3.8, 4) is 11.5 Å². The van der Waals surface area contributed by atoms with Crippen LogP contribution in [0.3, 0.4) is 0 Å². The molecule has 3 aromatic rings. The van der Waals surface area contributed by atoms with Crippen LogP contribution in [0.1, 0.15) is 72.3 Å². The van der Waals surface area contributed by atoms with Gasteiger partial charge >= 0.3 is 5.97 Å². The van der Waals surface area contributed by atoms with Crippen LogP contribution in [0.5, 0.6) is 11.5 Å². The van der Waals surface area contributed by atoms with Crippen LogP contribution in [0.15, 0.2) is 60.7 Å². The lowest BCUT2D eigenvalue weighted by molar-refractivity contribution is -0.253. The number of carboxylic acids is 1. The Labute approximate surface area is 263 Å². The Hall–Kier alpha value is -3.96. The first-order valence-electron chi connectivity index (χ1n) is 15.4. The third-order valence-corrected chi connectivity index (χ3v) is 8.38. The number of aliphatic carboxylic acids is 1. The summed E-state index contributed by atoms with van der Waals surface area (Å²) < 4.78 is 24.1. The van der Waals surface area contributed by atoms with E-state index in [0.717, 1.165) is 54.2 Å². The Morgan fingerprint density at radius 3 is 2.24 bits per heavy atom. The number of carboxylic acid groups (broad SMARTS) is 1. The number of fused-ring (bicyclic) bond motifs is 1. The largest absolute Gasteiger partial charge is 0.493 e. The minimum Gasteiger partial charge on any atom is -0.493 e. The number of unbranched alkanes of at least 4 members (excludes halogenated alkanes) is 1. The molecule has 3 aromatic carbocycles. The van der Waals surface area contributed by atoms with Crippen LogP contribution in [-0.4, -0.2) is 60.4 Å². The van der Waals surface area contributed by atoms with Crippen molar-refractivity contribution in [2.24, 2.45) is 0 Å². The first-order valence-corrected chi connectivity index (χ1v) is 15.4. The molecule has 3 N–H and O–H groups in total. The van der Waals surface area contributed by atoms with Crippen molar-refractivity contribution in [2.45, 2.75) is 70.2 Å². The van der Waals surface area contributed by atoms with Crippen LogP contribution in [-0.2, 0) is 38.6 Å². The maximum absolute atomic E-state index is 12.3. The molecule has 3 atom stereocenters. The lowest BCUT2D eigenvalue weighted by Crippen LogP contribution is -2.41. The summed E-state index contributed by atoms with van der Waals surface area (Å²) in [4.78, 5) is 25.4. The van der Waals surface area contributed by atoms with Gasteiger partial charge in [-0.05, 0) is 65.8 Å². The Bertz CT molecular complexity index is 1440. The number of carbonyl (C=O) groups is 2. The quantitative estimate of drug-likeness (QED) is 0.216. The molecular weight excluding hydrogens is 576 g/mol. The summed E-state index contributed by atoms with van der Waals surface area (Å²) in [7, 11) is 3.31. The zero-order valence-corrected chi connectivity index (χ0v) is 25.9. The molecule has 0 saturated carbocycles. The highest BCUT2D eigenvalue weighted by atomic mass is 16.7. The van der Waals surface area contributed by atoms with Gasteiger partial charge in [0.05, 0.1) is 33.0 Å². The lowest BCUT2D eigenvalue weighted by Gasteiger charge is -2.39. The van der Waals surface area contributed by atoms with Crippen LogP contribution in [0.4, 0.5) is 5.69 Å². The number of nitrogens with one attached hydrogen (secondary N) is 1. The van der Waals surface area contributed by atoms with Crippen molar-refractivity contribution >= 4 is 17.6 Å². The summed E-state index contributed by atoms with van der Waals surface area (Å²) in [5, 5.41) is 21.2. The van der Waals surface area contributed by atoms with E-state index in [1.807, 2.05) is 48.5 Å². The van der Waals surface area contributed by atoms with E-state index in [2.05, 4.69) is 22.3 Å². The van der Waals surface area contributed by atoms with Crippen LogP contribution in [0, 0.1) is 0 Å². The molecule has 0 aliphatic carbocycles. The van der Waals surface area contributed by atoms with E-state index < -0.39 is 12.3 Å². The number of nitrogens with zero attached hydrogens (tertiary/aromatic N) is 1. The van der Waals surface area contributed by atoms with Gasteiger partial charge in [0.1, 0.15) is 0 Å². The van der Waals surface area contributed by atoms with Gasteiger partial charge in [0.25, 0.3) is 0 Å². The van der Waals surface area contributed by atoms with Gasteiger partial charge < -0.3 is 34.5 Å². The number of hydrogen-bond acceptors (Lipinski definition) is 8. The number of carbonyl (C=O) groups excluding carboxylic acids is 1. The highest BCUT2D eigenvalue weighted by Crippen LogP contribution is 2.39. The average Bonchev–Trinajstić information content (AvgIpc) is 3.06. The predicted molar refractivity (Wildman–Crippen MR) is 168 cm³/mol. The third kappa shape index (κ3) is 8.61. The number of anilines is 1. The second-order valence-electron chi connectivity index (χ2n) is 11.6. The minimum atomic E-state index is -0.854. The van der Waals surface area contributed by atoms with Gasteiger partial charge in [0.2, 0.25) is 5.91 Å². The fourth-order valence-corrected chi connectivity index (χ4v) is 5.93. The van der Waals surface area contributed by atoms with Crippen LogP contribution in [0.2, 0.25) is 0 Å². The van der Waals surface area contributed by atoms with E-state index >= 15 is 0 Å². The molecule has 0 radical (unpaired) electrons. The maximum atomic E-state index is 12.3. The number of aliphatic hydroxyl groups is 1. The molecule has 240 valence electrons. The molecule has 2 heterocycles. The summed E-state index contributed by atoms with van der Waals surface area (Å²) in [5.74, 6) is 0.470. The molecule has 0 spiro atoms. The monoisotopic (exact) mass is 618 g/mol. The molecular formula is C35H42N2O8. The van der Waals surface area contributed by atoms with Gasteiger partial charge in [-0.15, -0.1) is 0 Å². The van der Waals surface area contributed by atoms with Gasteiger partial charge in [-0.1, -0.05) is 36.4 Å². The van der Waals surface area contributed by atoms with Crippen molar-refractivity contribution in [1.29, 1.82) is 0 Å². The van der Waals surface area contributed by atoms with E-state index in [0.29, 0.717) is 24.9 Å². The SMILES string of the molecule is COc1cc2c(cc1OC)CN(C[C@H]1C[C@@H](c3ccc(CO)cc3)O[C@@H](c3ccc(NC(=O)CCCCC(=O)O)cc3)O1)CC2. The average molecular weight is 619 g/mol. The first-order chi connectivity index (χ1) is 21.8. The van der Waals surface area contributed by atoms with Crippen molar-refractivity contribution in [1.82, 2.24) is 4.90 Å².